The van der Waals surface area contributed by atoms with Gasteiger partial charge in [-0.05, 0) is 68.9 Å². The van der Waals surface area contributed by atoms with Crippen molar-refractivity contribution < 1.29 is 14.1 Å². The van der Waals surface area contributed by atoms with E-state index in [-0.39, 0.29) is 11.1 Å². The zero-order chi connectivity index (χ0) is 21.0. The number of rotatable bonds is 3. The lowest BCUT2D eigenvalue weighted by atomic mass is 9.74. The molecule has 0 aliphatic carbocycles. The van der Waals surface area contributed by atoms with Crippen molar-refractivity contribution in [1.29, 1.82) is 0 Å². The Morgan fingerprint density at radius 3 is 2.45 bits per heavy atom. The minimum Gasteiger partial charge on any atom is -0.399 e. The molecule has 0 unspecified atom stereocenters. The predicted octanol–water partition coefficient (Wildman–Crippen LogP) is 2.78. The van der Waals surface area contributed by atoms with Crippen LogP contribution in [0.5, 0.6) is 0 Å². The van der Waals surface area contributed by atoms with Crippen molar-refractivity contribution in [3.8, 4) is 11.1 Å². The fourth-order valence-corrected chi connectivity index (χ4v) is 3.53. The van der Waals surface area contributed by atoms with E-state index in [0.717, 1.165) is 22.2 Å². The van der Waals surface area contributed by atoms with Crippen LogP contribution in [0.1, 0.15) is 43.6 Å². The average Bonchev–Trinajstić information content (AvgIpc) is 2.89. The van der Waals surface area contributed by atoms with Crippen molar-refractivity contribution in [3.05, 3.63) is 64.2 Å². The quantitative estimate of drug-likeness (QED) is 0.508. The molecule has 2 aromatic heterocycles. The van der Waals surface area contributed by atoms with Gasteiger partial charge >= 0.3 is 7.12 Å². The first-order valence-corrected chi connectivity index (χ1v) is 9.57. The largest absolute Gasteiger partial charge is 0.495 e. The lowest BCUT2D eigenvalue weighted by Gasteiger charge is -2.32. The summed E-state index contributed by atoms with van der Waals surface area (Å²) < 4.78 is 13.8. The van der Waals surface area contributed by atoms with Crippen LogP contribution in [-0.2, 0) is 9.31 Å². The lowest BCUT2D eigenvalue weighted by Crippen LogP contribution is -2.41. The van der Waals surface area contributed by atoms with Crippen LogP contribution in [0.3, 0.4) is 0 Å². The summed E-state index contributed by atoms with van der Waals surface area (Å²) in [5, 5.41) is 0. The number of aldehydes is 1. The van der Waals surface area contributed by atoms with Crippen molar-refractivity contribution in [3.63, 3.8) is 0 Å². The van der Waals surface area contributed by atoms with E-state index < -0.39 is 18.3 Å². The molecule has 1 saturated heterocycles. The highest BCUT2D eigenvalue weighted by molar-refractivity contribution is 6.62. The summed E-state index contributed by atoms with van der Waals surface area (Å²) in [4.78, 5) is 27.5. The van der Waals surface area contributed by atoms with Gasteiger partial charge in [0.15, 0.2) is 6.29 Å². The molecule has 148 valence electrons. The molecule has 0 bridgehead atoms. The molecule has 1 fully saturated rings. The standard InChI is InChI=1S/C22H23BN2O4/c1-14-17(7-6-8-18(14)23-28-21(2,3)22(4,5)29-23)15-9-10-25-19(11-15)24-12-16(13-26)20(25)27/h6-13H,1-5H3. The molecule has 0 N–H and O–H groups in total. The molecule has 4 rings (SSSR count). The molecule has 0 saturated carbocycles. The predicted molar refractivity (Wildman–Crippen MR) is 113 cm³/mol. The first-order chi connectivity index (χ1) is 13.6. The number of aromatic nitrogens is 2. The third-order valence-electron chi connectivity index (χ3n) is 6.06. The van der Waals surface area contributed by atoms with Crippen LogP contribution in [0, 0.1) is 6.92 Å². The van der Waals surface area contributed by atoms with Gasteiger partial charge in [-0.25, -0.2) is 4.98 Å². The smallest absolute Gasteiger partial charge is 0.399 e. The van der Waals surface area contributed by atoms with Gasteiger partial charge in [0, 0.05) is 12.4 Å². The van der Waals surface area contributed by atoms with Crippen LogP contribution in [0.4, 0.5) is 0 Å². The molecule has 3 aromatic rings. The first-order valence-electron chi connectivity index (χ1n) is 9.57. The van der Waals surface area contributed by atoms with Gasteiger partial charge in [0.2, 0.25) is 0 Å². The molecule has 3 heterocycles. The molecule has 29 heavy (non-hydrogen) atoms. The monoisotopic (exact) mass is 390 g/mol. The Hall–Kier alpha value is -2.77. The van der Waals surface area contributed by atoms with E-state index in [1.54, 1.807) is 6.20 Å². The van der Waals surface area contributed by atoms with Gasteiger partial charge in [0.25, 0.3) is 5.56 Å². The van der Waals surface area contributed by atoms with Gasteiger partial charge in [-0.15, -0.1) is 0 Å². The van der Waals surface area contributed by atoms with E-state index >= 15 is 0 Å². The number of carbonyl (C=O) groups is 1. The van der Waals surface area contributed by atoms with E-state index in [1.807, 2.05) is 65.0 Å². The van der Waals surface area contributed by atoms with E-state index in [9.17, 15) is 9.59 Å². The van der Waals surface area contributed by atoms with Crippen LogP contribution in [0.25, 0.3) is 16.8 Å². The zero-order valence-corrected chi connectivity index (χ0v) is 17.2. The third-order valence-corrected chi connectivity index (χ3v) is 6.06. The number of carbonyl (C=O) groups excluding carboxylic acids is 1. The molecule has 0 amide bonds. The van der Waals surface area contributed by atoms with Crippen LogP contribution in [0.15, 0.2) is 47.5 Å². The first kappa shape index (κ1) is 19.5. The second kappa shape index (κ2) is 6.64. The summed E-state index contributed by atoms with van der Waals surface area (Å²) in [6.07, 6.45) is 3.48. The Kier molecular flexibility index (Phi) is 4.48. The van der Waals surface area contributed by atoms with Gasteiger partial charge in [0.1, 0.15) is 5.65 Å². The Bertz CT molecular complexity index is 1170. The van der Waals surface area contributed by atoms with Crippen LogP contribution in [0.2, 0.25) is 0 Å². The maximum Gasteiger partial charge on any atom is 0.495 e. The molecule has 7 heteroatoms. The van der Waals surface area contributed by atoms with Crippen molar-refractivity contribution in [2.45, 2.75) is 45.8 Å². The number of pyridine rings is 1. The van der Waals surface area contributed by atoms with Gasteiger partial charge in [-0.3, -0.25) is 14.0 Å². The fraction of sp³-hybridized carbons (Fsp3) is 0.318. The second-order valence-electron chi connectivity index (χ2n) is 8.39. The summed E-state index contributed by atoms with van der Waals surface area (Å²) in [6, 6.07) is 9.70. The molecule has 1 aliphatic rings. The van der Waals surface area contributed by atoms with Crippen LogP contribution >= 0.6 is 0 Å². The van der Waals surface area contributed by atoms with Gasteiger partial charge in [0.05, 0.1) is 16.8 Å². The maximum atomic E-state index is 12.3. The highest BCUT2D eigenvalue weighted by atomic mass is 16.7. The molecule has 1 aliphatic heterocycles. The summed E-state index contributed by atoms with van der Waals surface area (Å²) in [5.41, 5.74) is 3.27. The summed E-state index contributed by atoms with van der Waals surface area (Å²) in [6.45, 7) is 10.2. The summed E-state index contributed by atoms with van der Waals surface area (Å²) in [5.74, 6) is 0. The number of benzene rings is 1. The van der Waals surface area contributed by atoms with Gasteiger partial charge in [-0.2, -0.15) is 0 Å². The Morgan fingerprint density at radius 1 is 1.10 bits per heavy atom. The van der Waals surface area contributed by atoms with Crippen LogP contribution in [-0.4, -0.2) is 34.0 Å². The topological polar surface area (TPSA) is 69.9 Å². The molecule has 0 radical (unpaired) electrons. The Morgan fingerprint density at radius 2 is 1.79 bits per heavy atom. The SMILES string of the molecule is Cc1c(B2OC(C)(C)C(C)(C)O2)cccc1-c1ccn2c(=O)c(C=O)cnc2c1. The molecular formula is C22H23BN2O4. The minimum absolute atomic E-state index is 0.0363. The minimum atomic E-state index is -0.448. The van der Waals surface area contributed by atoms with E-state index in [1.165, 1.54) is 10.6 Å². The number of hydrogen-bond donors (Lipinski definition) is 0. The van der Waals surface area contributed by atoms with Gasteiger partial charge < -0.3 is 9.31 Å². The normalized spacial score (nSPS) is 17.6. The molecule has 6 nitrogen and oxygen atoms in total. The van der Waals surface area contributed by atoms with Crippen molar-refractivity contribution in [2.24, 2.45) is 0 Å². The zero-order valence-electron chi connectivity index (χ0n) is 17.2. The molecule has 0 atom stereocenters. The maximum absolute atomic E-state index is 12.3. The van der Waals surface area contributed by atoms with Gasteiger partial charge in [-0.1, -0.05) is 18.2 Å². The van der Waals surface area contributed by atoms with Crippen molar-refractivity contribution >= 4 is 24.5 Å². The van der Waals surface area contributed by atoms with Crippen molar-refractivity contribution in [2.75, 3.05) is 0 Å². The summed E-state index contributed by atoms with van der Waals surface area (Å²) >= 11 is 0. The molecule has 0 spiro atoms. The highest BCUT2D eigenvalue weighted by Crippen LogP contribution is 2.37. The molecular weight excluding hydrogens is 367 g/mol. The van der Waals surface area contributed by atoms with E-state index in [4.69, 9.17) is 9.31 Å². The molecule has 1 aromatic carbocycles. The number of fused-ring (bicyclic) bond motifs is 1. The lowest BCUT2D eigenvalue weighted by molar-refractivity contribution is 0.00578. The van der Waals surface area contributed by atoms with E-state index in [2.05, 4.69) is 4.98 Å². The van der Waals surface area contributed by atoms with Crippen molar-refractivity contribution in [1.82, 2.24) is 9.38 Å². The third kappa shape index (κ3) is 3.11. The number of hydrogen-bond acceptors (Lipinski definition) is 5. The van der Waals surface area contributed by atoms with E-state index in [0.29, 0.717) is 11.9 Å². The Balaban J connectivity index is 1.78. The average molecular weight is 390 g/mol. The number of nitrogens with zero attached hydrogens (tertiary/aromatic N) is 2. The fourth-order valence-electron chi connectivity index (χ4n) is 3.53. The second-order valence-corrected chi connectivity index (χ2v) is 8.39. The summed E-state index contributed by atoms with van der Waals surface area (Å²) in [7, 11) is -0.448. The Labute approximate surface area is 169 Å². The van der Waals surface area contributed by atoms with Crippen LogP contribution < -0.4 is 11.0 Å². The highest BCUT2D eigenvalue weighted by Gasteiger charge is 2.52.